The minimum atomic E-state index is 0.859. The number of hydrogen-bond acceptors (Lipinski definition) is 1. The molecule has 1 saturated heterocycles. The number of ether oxygens (including phenoxy) is 1. The fourth-order valence-electron chi connectivity index (χ4n) is 2.82. The van der Waals surface area contributed by atoms with Crippen molar-refractivity contribution in [1.29, 1.82) is 0 Å². The van der Waals surface area contributed by atoms with E-state index in [9.17, 15) is 0 Å². The lowest BCUT2D eigenvalue weighted by Gasteiger charge is -2.23. The third-order valence-corrected chi connectivity index (χ3v) is 4.09. The summed E-state index contributed by atoms with van der Waals surface area (Å²) in [5.41, 5.74) is 2.52. The van der Waals surface area contributed by atoms with Crippen LogP contribution in [0.2, 0.25) is 0 Å². The minimum Gasteiger partial charge on any atom is -0.493 e. The summed E-state index contributed by atoms with van der Waals surface area (Å²) in [5.74, 6) is 1.06. The highest BCUT2D eigenvalue weighted by Crippen LogP contribution is 2.19. The topological polar surface area (TPSA) is 13.7 Å². The Balaban J connectivity index is 1.62. The van der Waals surface area contributed by atoms with E-state index < -0.39 is 0 Å². The summed E-state index contributed by atoms with van der Waals surface area (Å²) in [4.78, 5) is 1.80. The van der Waals surface area contributed by atoms with Crippen LogP contribution in [0.5, 0.6) is 5.75 Å². The Labute approximate surface area is 117 Å². The van der Waals surface area contributed by atoms with Crippen molar-refractivity contribution < 1.29 is 9.64 Å². The number of piperidine rings is 1. The van der Waals surface area contributed by atoms with Crippen LogP contribution >= 0.6 is 0 Å². The van der Waals surface area contributed by atoms with Gasteiger partial charge in [-0.1, -0.05) is 12.1 Å². The van der Waals surface area contributed by atoms with Gasteiger partial charge in [-0.3, -0.25) is 0 Å². The number of nitrogens with one attached hydrogen (secondary N) is 1. The summed E-state index contributed by atoms with van der Waals surface area (Å²) < 4.78 is 5.90. The molecule has 0 spiro atoms. The monoisotopic (exact) mass is 262 g/mol. The molecule has 2 heteroatoms. The van der Waals surface area contributed by atoms with Gasteiger partial charge in [0.05, 0.1) is 26.2 Å². The molecule has 0 aliphatic carbocycles. The van der Waals surface area contributed by atoms with Crippen LogP contribution in [0.3, 0.4) is 0 Å². The number of likely N-dealkylation sites (tertiary alicyclic amines) is 1. The van der Waals surface area contributed by atoms with Crippen LogP contribution in [0.15, 0.2) is 18.2 Å². The highest BCUT2D eigenvalue weighted by molar-refractivity contribution is 5.35. The van der Waals surface area contributed by atoms with Gasteiger partial charge >= 0.3 is 0 Å². The van der Waals surface area contributed by atoms with E-state index in [4.69, 9.17) is 4.74 Å². The highest BCUT2D eigenvalue weighted by Gasteiger charge is 2.12. The van der Waals surface area contributed by atoms with E-state index in [1.807, 2.05) is 0 Å². The Kier molecular flexibility index (Phi) is 5.71. The highest BCUT2D eigenvalue weighted by atomic mass is 16.5. The Morgan fingerprint density at radius 3 is 2.63 bits per heavy atom. The molecule has 1 heterocycles. The molecule has 106 valence electrons. The molecule has 1 aliphatic heterocycles. The fourth-order valence-corrected chi connectivity index (χ4v) is 2.82. The molecular formula is C17H28NO+. The number of unbranched alkanes of at least 4 members (excludes halogenated alkanes) is 1. The average molecular weight is 262 g/mol. The minimum absolute atomic E-state index is 0.859. The maximum atomic E-state index is 5.90. The molecule has 0 atom stereocenters. The van der Waals surface area contributed by atoms with E-state index in [-0.39, 0.29) is 0 Å². The Hall–Kier alpha value is -1.02. The second kappa shape index (κ2) is 7.54. The number of hydrogen-bond donors (Lipinski definition) is 1. The predicted molar refractivity (Wildman–Crippen MR) is 80.1 cm³/mol. The van der Waals surface area contributed by atoms with Crippen molar-refractivity contribution in [2.24, 2.45) is 0 Å². The van der Waals surface area contributed by atoms with Crippen LogP contribution in [0.25, 0.3) is 0 Å². The zero-order chi connectivity index (χ0) is 13.5. The molecule has 1 aromatic carbocycles. The molecule has 0 radical (unpaired) electrons. The summed E-state index contributed by atoms with van der Waals surface area (Å²) in [6.07, 6.45) is 6.76. The zero-order valence-corrected chi connectivity index (χ0v) is 12.5. The van der Waals surface area contributed by atoms with Crippen molar-refractivity contribution in [2.45, 2.75) is 46.0 Å². The molecule has 2 rings (SSSR count). The number of rotatable bonds is 6. The van der Waals surface area contributed by atoms with E-state index in [1.54, 1.807) is 4.90 Å². The first kappa shape index (κ1) is 14.4. The smallest absolute Gasteiger partial charge is 0.122 e. The fraction of sp³-hybridized carbons (Fsp3) is 0.647. The van der Waals surface area contributed by atoms with Gasteiger partial charge in [0.25, 0.3) is 0 Å². The van der Waals surface area contributed by atoms with E-state index in [0.29, 0.717) is 0 Å². The third kappa shape index (κ3) is 4.87. The molecule has 19 heavy (non-hydrogen) atoms. The first-order valence-electron chi connectivity index (χ1n) is 7.79. The molecule has 1 aromatic rings. The molecule has 0 bridgehead atoms. The van der Waals surface area contributed by atoms with Crippen LogP contribution in [-0.4, -0.2) is 26.2 Å². The van der Waals surface area contributed by atoms with Gasteiger partial charge < -0.3 is 9.64 Å². The number of benzene rings is 1. The van der Waals surface area contributed by atoms with E-state index in [2.05, 4.69) is 32.0 Å². The van der Waals surface area contributed by atoms with Crippen LogP contribution in [-0.2, 0) is 0 Å². The summed E-state index contributed by atoms with van der Waals surface area (Å²) in [5, 5.41) is 0. The van der Waals surface area contributed by atoms with Crippen molar-refractivity contribution >= 4 is 0 Å². The molecule has 0 aromatic heterocycles. The van der Waals surface area contributed by atoms with Crippen molar-refractivity contribution in [2.75, 3.05) is 26.2 Å². The van der Waals surface area contributed by atoms with Gasteiger partial charge in [-0.15, -0.1) is 0 Å². The van der Waals surface area contributed by atoms with Gasteiger partial charge in [-0.25, -0.2) is 0 Å². The molecule has 0 saturated carbocycles. The van der Waals surface area contributed by atoms with Gasteiger partial charge in [-0.2, -0.15) is 0 Å². The Morgan fingerprint density at radius 1 is 1.05 bits per heavy atom. The van der Waals surface area contributed by atoms with Crippen molar-refractivity contribution in [3.63, 3.8) is 0 Å². The average Bonchev–Trinajstić information content (AvgIpc) is 2.43. The van der Waals surface area contributed by atoms with E-state index >= 15 is 0 Å². The van der Waals surface area contributed by atoms with Crippen molar-refractivity contribution in [1.82, 2.24) is 0 Å². The van der Waals surface area contributed by atoms with Crippen molar-refractivity contribution in [3.8, 4) is 5.75 Å². The zero-order valence-electron chi connectivity index (χ0n) is 12.5. The molecule has 1 fully saturated rings. The summed E-state index contributed by atoms with van der Waals surface area (Å²) in [6.45, 7) is 9.20. The molecule has 2 nitrogen and oxygen atoms in total. The second-order valence-corrected chi connectivity index (χ2v) is 5.89. The van der Waals surface area contributed by atoms with Gasteiger partial charge in [0.1, 0.15) is 5.75 Å². The lowest BCUT2D eigenvalue weighted by atomic mass is 10.1. The van der Waals surface area contributed by atoms with Gasteiger partial charge in [0.2, 0.25) is 0 Å². The Bertz CT molecular complexity index is 383. The summed E-state index contributed by atoms with van der Waals surface area (Å²) in [7, 11) is 0. The van der Waals surface area contributed by atoms with E-state index in [1.165, 1.54) is 62.9 Å². The molecule has 1 aliphatic rings. The predicted octanol–water partition coefficient (Wildman–Crippen LogP) is 2.53. The Morgan fingerprint density at radius 2 is 1.84 bits per heavy atom. The van der Waals surface area contributed by atoms with Gasteiger partial charge in [0, 0.05) is 0 Å². The first-order chi connectivity index (χ1) is 9.25. The van der Waals surface area contributed by atoms with Crippen LogP contribution in [0.1, 0.15) is 43.2 Å². The quantitative estimate of drug-likeness (QED) is 0.778. The molecule has 0 amide bonds. The standard InChI is InChI=1S/C17H27NO/c1-15-8-9-16(2)17(14-15)19-13-7-6-12-18-10-4-3-5-11-18/h8-9,14H,3-7,10-13H2,1-2H3/p+1. The number of quaternary nitrogens is 1. The lowest BCUT2D eigenvalue weighted by molar-refractivity contribution is -0.905. The van der Waals surface area contributed by atoms with Gasteiger partial charge in [0.15, 0.2) is 0 Å². The maximum Gasteiger partial charge on any atom is 0.122 e. The normalized spacial score (nSPS) is 16.5. The number of aryl methyl sites for hydroxylation is 2. The molecular weight excluding hydrogens is 234 g/mol. The summed E-state index contributed by atoms with van der Waals surface area (Å²) >= 11 is 0. The lowest BCUT2D eigenvalue weighted by Crippen LogP contribution is -3.12. The van der Waals surface area contributed by atoms with Gasteiger partial charge in [-0.05, 0) is 63.1 Å². The third-order valence-electron chi connectivity index (χ3n) is 4.09. The maximum absolute atomic E-state index is 5.90. The van der Waals surface area contributed by atoms with Crippen LogP contribution < -0.4 is 9.64 Å². The molecule has 0 unspecified atom stereocenters. The van der Waals surface area contributed by atoms with Crippen LogP contribution in [0.4, 0.5) is 0 Å². The molecule has 1 N–H and O–H groups in total. The second-order valence-electron chi connectivity index (χ2n) is 5.89. The summed E-state index contributed by atoms with van der Waals surface area (Å²) in [6, 6.07) is 6.43. The SMILES string of the molecule is Cc1ccc(C)c(OCCCC[NH+]2CCCCC2)c1. The van der Waals surface area contributed by atoms with E-state index in [0.717, 1.165) is 12.4 Å². The first-order valence-corrected chi connectivity index (χ1v) is 7.79. The van der Waals surface area contributed by atoms with Crippen molar-refractivity contribution in [3.05, 3.63) is 29.3 Å². The largest absolute Gasteiger partial charge is 0.493 e. The van der Waals surface area contributed by atoms with Crippen LogP contribution in [0, 0.1) is 13.8 Å².